The molecule has 44 valence electrons. The van der Waals surface area contributed by atoms with Crippen LogP contribution in [-0.2, 0) is 4.43 Å². The van der Waals surface area contributed by atoms with E-state index < -0.39 is 0 Å². The quantitative estimate of drug-likeness (QED) is 0.394. The summed E-state index contributed by atoms with van der Waals surface area (Å²) in [6, 6.07) is 1.35. The summed E-state index contributed by atoms with van der Waals surface area (Å²) in [5.41, 5.74) is 0. The Morgan fingerprint density at radius 3 is 2.71 bits per heavy atom. The molecule has 0 saturated heterocycles. The highest BCUT2D eigenvalue weighted by molar-refractivity contribution is 6.26. The van der Waals surface area contributed by atoms with E-state index in [1.807, 2.05) is 7.11 Å². The molecule has 2 heteroatoms. The van der Waals surface area contributed by atoms with E-state index in [1.165, 1.54) is 18.9 Å². The van der Waals surface area contributed by atoms with Crippen LogP contribution in [0.25, 0.3) is 0 Å². The predicted molar refractivity (Wildman–Crippen MR) is 35.3 cm³/mol. The Morgan fingerprint density at radius 1 is 1.57 bits per heavy atom. The summed E-state index contributed by atoms with van der Waals surface area (Å²) in [5.74, 6) is 0. The third-order valence-corrected chi connectivity index (χ3v) is 2.15. The van der Waals surface area contributed by atoms with Gasteiger partial charge in [-0.15, -0.1) is 0 Å². The van der Waals surface area contributed by atoms with Crippen LogP contribution in [0.2, 0.25) is 6.04 Å². The number of rotatable bonds is 4. The fourth-order valence-electron chi connectivity index (χ4n) is 0.496. The first kappa shape index (κ1) is 7.18. The lowest BCUT2D eigenvalue weighted by molar-refractivity contribution is 0.439. The van der Waals surface area contributed by atoms with Gasteiger partial charge in [-0.1, -0.05) is 19.8 Å². The lowest BCUT2D eigenvalue weighted by Gasteiger charge is -1.91. The molecule has 0 rings (SSSR count). The summed E-state index contributed by atoms with van der Waals surface area (Å²) in [5, 5.41) is 0. The first-order valence-electron chi connectivity index (χ1n) is 2.90. The van der Waals surface area contributed by atoms with E-state index in [0.29, 0.717) is 0 Å². The Labute approximate surface area is 48.0 Å². The monoisotopic (exact) mass is 118 g/mol. The van der Waals surface area contributed by atoms with Crippen molar-refractivity contribution in [3.8, 4) is 0 Å². The number of unbranched alkanes of at least 4 members (excludes halogenated alkanes) is 1. The van der Waals surface area contributed by atoms with E-state index in [-0.39, 0.29) is 9.76 Å². The fourth-order valence-corrected chi connectivity index (χ4v) is 1.49. The van der Waals surface area contributed by atoms with Gasteiger partial charge in [0.15, 0.2) is 9.76 Å². The molecule has 0 N–H and O–H groups in total. The van der Waals surface area contributed by atoms with E-state index in [1.54, 1.807) is 0 Å². The van der Waals surface area contributed by atoms with E-state index in [4.69, 9.17) is 4.43 Å². The second-order valence-electron chi connectivity index (χ2n) is 1.70. The van der Waals surface area contributed by atoms with Crippen molar-refractivity contribution in [3.05, 3.63) is 0 Å². The molecule has 0 spiro atoms. The van der Waals surface area contributed by atoms with Gasteiger partial charge in [0, 0.05) is 7.11 Å². The van der Waals surface area contributed by atoms with E-state index >= 15 is 0 Å². The molecular weight excluding hydrogens is 104 g/mol. The van der Waals surface area contributed by atoms with Crippen LogP contribution in [-0.4, -0.2) is 16.9 Å². The molecule has 0 heterocycles. The molecule has 0 bridgehead atoms. The number of hydrogen-bond donors (Lipinski definition) is 0. The number of hydrogen-bond acceptors (Lipinski definition) is 1. The summed E-state index contributed by atoms with van der Waals surface area (Å²) in [6.45, 7) is 2.21. The lowest BCUT2D eigenvalue weighted by Crippen LogP contribution is -1.90. The van der Waals surface area contributed by atoms with Gasteiger partial charge in [-0.3, -0.25) is 0 Å². The van der Waals surface area contributed by atoms with Gasteiger partial charge < -0.3 is 4.43 Å². The highest BCUT2D eigenvalue weighted by Crippen LogP contribution is 1.91. The molecule has 0 aliphatic heterocycles. The van der Waals surface area contributed by atoms with Gasteiger partial charge in [0.05, 0.1) is 0 Å². The summed E-state index contributed by atoms with van der Waals surface area (Å²) in [6.07, 6.45) is 2.68. The Hall–Kier alpha value is 0.177. The first-order valence-corrected chi connectivity index (χ1v) is 4.48. The van der Waals surface area contributed by atoms with Crippen LogP contribution in [0.4, 0.5) is 0 Å². The average Bonchev–Trinajstić information content (AvgIpc) is 1.69. The maximum Gasteiger partial charge on any atom is 0.161 e. The Kier molecular flexibility index (Phi) is 6.33. The van der Waals surface area contributed by atoms with Crippen LogP contribution in [0, 0.1) is 0 Å². The van der Waals surface area contributed by atoms with E-state index in [0.717, 1.165) is 0 Å². The smallest absolute Gasteiger partial charge is 0.161 e. The van der Waals surface area contributed by atoms with Gasteiger partial charge in [-0.05, 0) is 6.04 Å². The van der Waals surface area contributed by atoms with Crippen LogP contribution in [0.1, 0.15) is 19.8 Å². The zero-order chi connectivity index (χ0) is 5.54. The molecule has 1 nitrogen and oxygen atoms in total. The third-order valence-electron chi connectivity index (χ3n) is 0.952. The van der Waals surface area contributed by atoms with Gasteiger partial charge in [0.1, 0.15) is 0 Å². The summed E-state index contributed by atoms with van der Waals surface area (Å²) in [4.78, 5) is 0. The SMILES string of the molecule is CCCC[SiH2]OC. The fraction of sp³-hybridized carbons (Fsp3) is 1.00. The van der Waals surface area contributed by atoms with Crippen molar-refractivity contribution < 1.29 is 4.43 Å². The van der Waals surface area contributed by atoms with E-state index in [9.17, 15) is 0 Å². The highest BCUT2D eigenvalue weighted by Gasteiger charge is 1.81. The van der Waals surface area contributed by atoms with Gasteiger partial charge in [0.25, 0.3) is 0 Å². The summed E-state index contributed by atoms with van der Waals surface area (Å²) >= 11 is 0. The first-order chi connectivity index (χ1) is 3.41. The minimum absolute atomic E-state index is 0.0893. The topological polar surface area (TPSA) is 9.23 Å². The Bertz CT molecular complexity index is 27.3. The van der Waals surface area contributed by atoms with Gasteiger partial charge in [-0.25, -0.2) is 0 Å². The normalized spacial score (nSPS) is 11.1. The van der Waals surface area contributed by atoms with Gasteiger partial charge >= 0.3 is 0 Å². The van der Waals surface area contributed by atoms with Crippen LogP contribution < -0.4 is 0 Å². The molecule has 0 aliphatic carbocycles. The third kappa shape index (κ3) is 6.18. The van der Waals surface area contributed by atoms with Crippen LogP contribution in [0.3, 0.4) is 0 Å². The standard InChI is InChI=1S/C5H14OSi/c1-3-4-5-7-6-2/h3-5,7H2,1-2H3. The highest BCUT2D eigenvalue weighted by atomic mass is 28.2. The molecule has 0 aliphatic rings. The van der Waals surface area contributed by atoms with Crippen LogP contribution in [0.15, 0.2) is 0 Å². The van der Waals surface area contributed by atoms with Crippen molar-refractivity contribution in [1.82, 2.24) is 0 Å². The molecule has 7 heavy (non-hydrogen) atoms. The van der Waals surface area contributed by atoms with Crippen LogP contribution >= 0.6 is 0 Å². The zero-order valence-electron chi connectivity index (χ0n) is 5.24. The Morgan fingerprint density at radius 2 is 2.29 bits per heavy atom. The molecule has 0 radical (unpaired) electrons. The predicted octanol–water partition coefficient (Wildman–Crippen LogP) is 0.935. The maximum absolute atomic E-state index is 4.98. The van der Waals surface area contributed by atoms with Crippen molar-refractivity contribution in [3.63, 3.8) is 0 Å². The largest absolute Gasteiger partial charge is 0.427 e. The zero-order valence-corrected chi connectivity index (χ0v) is 6.65. The van der Waals surface area contributed by atoms with Crippen molar-refractivity contribution in [2.75, 3.05) is 7.11 Å². The minimum atomic E-state index is -0.0893. The molecule has 0 aromatic rings. The second-order valence-corrected chi connectivity index (χ2v) is 3.39. The molecule has 0 saturated carbocycles. The molecule has 0 atom stereocenters. The van der Waals surface area contributed by atoms with Crippen molar-refractivity contribution in [2.45, 2.75) is 25.8 Å². The average molecular weight is 118 g/mol. The molecule has 0 aromatic heterocycles. The summed E-state index contributed by atoms with van der Waals surface area (Å²) in [7, 11) is 1.72. The van der Waals surface area contributed by atoms with Gasteiger partial charge in [-0.2, -0.15) is 0 Å². The molecule has 0 amide bonds. The second kappa shape index (κ2) is 6.18. The Balaban J connectivity index is 2.45. The van der Waals surface area contributed by atoms with Crippen molar-refractivity contribution >= 4 is 9.76 Å². The minimum Gasteiger partial charge on any atom is -0.427 e. The van der Waals surface area contributed by atoms with Crippen molar-refractivity contribution in [2.24, 2.45) is 0 Å². The van der Waals surface area contributed by atoms with E-state index in [2.05, 4.69) is 6.92 Å². The maximum atomic E-state index is 4.98. The molecule has 0 unspecified atom stereocenters. The lowest BCUT2D eigenvalue weighted by atomic mass is 10.4. The molecular formula is C5H14OSi. The molecule has 0 fully saturated rings. The van der Waals surface area contributed by atoms with Crippen LogP contribution in [0.5, 0.6) is 0 Å². The van der Waals surface area contributed by atoms with Crippen molar-refractivity contribution in [1.29, 1.82) is 0 Å². The molecule has 0 aromatic carbocycles. The van der Waals surface area contributed by atoms with Gasteiger partial charge in [0.2, 0.25) is 0 Å². The summed E-state index contributed by atoms with van der Waals surface area (Å²) < 4.78 is 4.98.